The van der Waals surface area contributed by atoms with Crippen LogP contribution < -0.4 is 5.32 Å². The Kier molecular flexibility index (Phi) is 7.90. The van der Waals surface area contributed by atoms with Crippen molar-refractivity contribution in [2.75, 3.05) is 33.2 Å². The molecule has 4 nitrogen and oxygen atoms in total. The normalized spacial score (nSPS) is 22.2. The van der Waals surface area contributed by atoms with Gasteiger partial charge in [0.1, 0.15) is 0 Å². The van der Waals surface area contributed by atoms with Gasteiger partial charge in [0, 0.05) is 43.7 Å². The van der Waals surface area contributed by atoms with Gasteiger partial charge in [0.15, 0.2) is 0 Å². The highest BCUT2D eigenvalue weighted by atomic mass is 19.4. The molecule has 4 rings (SSSR count). The number of aryl methyl sites for hydroxylation is 1. The van der Waals surface area contributed by atoms with E-state index in [0.29, 0.717) is 37.7 Å². The van der Waals surface area contributed by atoms with Crippen molar-refractivity contribution in [1.29, 1.82) is 0 Å². The SMILES string of the molecule is Cc1ccc(C2CN(C3CCNCC3)CCC2N(C)C(=O)c2cc(C(F)(F)F)cc(C(F)(F)F)c2)cc1. The van der Waals surface area contributed by atoms with E-state index >= 15 is 0 Å². The van der Waals surface area contributed by atoms with E-state index in [0.717, 1.165) is 37.1 Å². The largest absolute Gasteiger partial charge is 0.416 e. The second-order valence-electron chi connectivity index (χ2n) is 10.1. The minimum Gasteiger partial charge on any atom is -0.338 e. The van der Waals surface area contributed by atoms with Gasteiger partial charge in [-0.15, -0.1) is 0 Å². The molecule has 0 aliphatic carbocycles. The van der Waals surface area contributed by atoms with Crippen LogP contribution >= 0.6 is 0 Å². The lowest BCUT2D eigenvalue weighted by Crippen LogP contribution is -2.54. The molecule has 2 aromatic carbocycles. The van der Waals surface area contributed by atoms with E-state index in [2.05, 4.69) is 10.2 Å². The van der Waals surface area contributed by atoms with E-state index in [-0.39, 0.29) is 18.0 Å². The van der Waals surface area contributed by atoms with Crippen molar-refractivity contribution in [1.82, 2.24) is 15.1 Å². The smallest absolute Gasteiger partial charge is 0.338 e. The van der Waals surface area contributed by atoms with Crippen LogP contribution in [0.15, 0.2) is 42.5 Å². The fourth-order valence-corrected chi connectivity index (χ4v) is 5.51. The summed E-state index contributed by atoms with van der Waals surface area (Å²) in [6.45, 7) is 5.17. The van der Waals surface area contributed by atoms with Crippen LogP contribution in [-0.4, -0.2) is 61.0 Å². The molecule has 1 N–H and O–H groups in total. The van der Waals surface area contributed by atoms with Crippen molar-refractivity contribution in [2.24, 2.45) is 0 Å². The summed E-state index contributed by atoms with van der Waals surface area (Å²) in [5, 5.41) is 3.35. The lowest BCUT2D eigenvalue weighted by atomic mass is 9.83. The van der Waals surface area contributed by atoms with Crippen LogP contribution in [0, 0.1) is 6.92 Å². The number of piperidine rings is 2. The first kappa shape index (κ1) is 27.4. The summed E-state index contributed by atoms with van der Waals surface area (Å²) >= 11 is 0. The lowest BCUT2D eigenvalue weighted by molar-refractivity contribution is -0.143. The van der Waals surface area contributed by atoms with Crippen LogP contribution in [-0.2, 0) is 12.4 Å². The van der Waals surface area contributed by atoms with Gasteiger partial charge in [0.25, 0.3) is 5.91 Å². The fraction of sp³-hybridized carbons (Fsp3) is 0.519. The molecule has 10 heteroatoms. The Hall–Kier alpha value is -2.59. The molecular weight excluding hydrogens is 496 g/mol. The quantitative estimate of drug-likeness (QED) is 0.517. The highest BCUT2D eigenvalue weighted by Gasteiger charge is 2.40. The van der Waals surface area contributed by atoms with Crippen LogP contribution in [0.1, 0.15) is 57.8 Å². The molecule has 0 bridgehead atoms. The third-order valence-corrected chi connectivity index (χ3v) is 7.59. The Morgan fingerprint density at radius 2 is 1.49 bits per heavy atom. The second kappa shape index (κ2) is 10.6. The van der Waals surface area contributed by atoms with E-state index in [4.69, 9.17) is 0 Å². The van der Waals surface area contributed by atoms with Gasteiger partial charge < -0.3 is 10.2 Å². The van der Waals surface area contributed by atoms with Crippen molar-refractivity contribution in [3.8, 4) is 0 Å². The maximum absolute atomic E-state index is 13.4. The molecule has 2 aliphatic heterocycles. The molecule has 2 saturated heterocycles. The van der Waals surface area contributed by atoms with Crippen LogP contribution in [0.4, 0.5) is 26.3 Å². The minimum absolute atomic E-state index is 0.0450. The first-order valence-corrected chi connectivity index (χ1v) is 12.4. The number of nitrogens with one attached hydrogen (secondary N) is 1. The number of rotatable bonds is 4. The van der Waals surface area contributed by atoms with Gasteiger partial charge in [-0.25, -0.2) is 0 Å². The van der Waals surface area contributed by atoms with Crippen molar-refractivity contribution < 1.29 is 31.1 Å². The van der Waals surface area contributed by atoms with Crippen LogP contribution in [0.3, 0.4) is 0 Å². The number of halogens is 6. The molecule has 2 heterocycles. The number of likely N-dealkylation sites (tertiary alicyclic amines) is 1. The molecule has 0 aromatic heterocycles. The second-order valence-corrected chi connectivity index (χ2v) is 10.1. The number of amides is 1. The van der Waals surface area contributed by atoms with Gasteiger partial charge in [-0.1, -0.05) is 29.8 Å². The highest BCUT2D eigenvalue weighted by molar-refractivity contribution is 5.94. The van der Waals surface area contributed by atoms with Gasteiger partial charge in [0.2, 0.25) is 0 Å². The molecule has 2 fully saturated rings. The topological polar surface area (TPSA) is 35.6 Å². The lowest BCUT2D eigenvalue weighted by Gasteiger charge is -2.46. The van der Waals surface area contributed by atoms with E-state index in [9.17, 15) is 31.1 Å². The zero-order chi connectivity index (χ0) is 27.0. The average Bonchev–Trinajstić information content (AvgIpc) is 2.87. The Morgan fingerprint density at radius 3 is 2.03 bits per heavy atom. The van der Waals surface area contributed by atoms with Gasteiger partial charge in [-0.3, -0.25) is 9.69 Å². The van der Waals surface area contributed by atoms with E-state index < -0.39 is 35.0 Å². The third-order valence-electron chi connectivity index (χ3n) is 7.59. The molecule has 2 aromatic rings. The van der Waals surface area contributed by atoms with Crippen LogP contribution in [0.2, 0.25) is 0 Å². The summed E-state index contributed by atoms with van der Waals surface area (Å²) < 4.78 is 80.3. The number of hydrogen-bond acceptors (Lipinski definition) is 3. The average molecular weight is 528 g/mol. The minimum atomic E-state index is -5.01. The monoisotopic (exact) mass is 527 g/mol. The molecule has 2 aliphatic rings. The molecule has 0 saturated carbocycles. The van der Waals surface area contributed by atoms with Crippen molar-refractivity contribution >= 4 is 5.91 Å². The Balaban J connectivity index is 1.65. The predicted molar refractivity (Wildman–Crippen MR) is 128 cm³/mol. The maximum Gasteiger partial charge on any atom is 0.416 e. The van der Waals surface area contributed by atoms with E-state index in [1.807, 2.05) is 31.2 Å². The molecule has 2 atom stereocenters. The van der Waals surface area contributed by atoms with Crippen molar-refractivity contribution in [2.45, 2.75) is 56.5 Å². The summed E-state index contributed by atoms with van der Waals surface area (Å²) in [6.07, 6.45) is -7.45. The molecule has 202 valence electrons. The van der Waals surface area contributed by atoms with E-state index in [1.165, 1.54) is 11.9 Å². The van der Waals surface area contributed by atoms with E-state index in [1.54, 1.807) is 0 Å². The first-order valence-electron chi connectivity index (χ1n) is 12.4. The summed E-state index contributed by atoms with van der Waals surface area (Å²) in [4.78, 5) is 17.1. The molecule has 1 amide bonds. The van der Waals surface area contributed by atoms with Crippen LogP contribution in [0.25, 0.3) is 0 Å². The summed E-state index contributed by atoms with van der Waals surface area (Å²) in [5.74, 6) is -0.986. The zero-order valence-corrected chi connectivity index (χ0v) is 20.8. The standard InChI is InChI=1S/C27H31F6N3O/c1-17-3-5-18(6-4-17)23-16-36(22-7-10-34-11-8-22)12-9-24(23)35(2)25(37)19-13-20(26(28,29)30)15-21(14-19)27(31,32)33/h3-6,13-15,22-24,34H,7-12,16H2,1-2H3. The van der Waals surface area contributed by atoms with Crippen molar-refractivity contribution in [3.05, 3.63) is 70.3 Å². The Bertz CT molecular complexity index is 1060. The summed E-state index contributed by atoms with van der Waals surface area (Å²) in [7, 11) is 1.47. The number of carbonyl (C=O) groups excluding carboxylic acids is 1. The number of likely N-dealkylation sites (N-methyl/N-ethyl adjacent to an activating group) is 1. The van der Waals surface area contributed by atoms with Crippen molar-refractivity contribution in [3.63, 3.8) is 0 Å². The summed E-state index contributed by atoms with van der Waals surface area (Å²) in [5.41, 5.74) is -1.54. The molecular formula is C27H31F6N3O. The molecule has 2 unspecified atom stereocenters. The fourth-order valence-electron chi connectivity index (χ4n) is 5.51. The number of benzene rings is 2. The van der Waals surface area contributed by atoms with Gasteiger partial charge in [-0.2, -0.15) is 26.3 Å². The highest BCUT2D eigenvalue weighted by Crippen LogP contribution is 2.38. The number of hydrogen-bond donors (Lipinski definition) is 1. The van der Waals surface area contributed by atoms with Gasteiger partial charge in [0.05, 0.1) is 11.1 Å². The number of nitrogens with zero attached hydrogens (tertiary/aromatic N) is 2. The Morgan fingerprint density at radius 1 is 0.919 bits per heavy atom. The molecule has 0 spiro atoms. The number of carbonyl (C=O) groups is 1. The zero-order valence-electron chi connectivity index (χ0n) is 20.8. The number of alkyl halides is 6. The van der Waals surface area contributed by atoms with Crippen LogP contribution in [0.5, 0.6) is 0 Å². The molecule has 0 radical (unpaired) electrons. The Labute approximate surface area is 212 Å². The molecule has 37 heavy (non-hydrogen) atoms. The summed E-state index contributed by atoms with van der Waals surface area (Å²) in [6, 6.07) is 9.01. The first-order chi connectivity index (χ1) is 17.3. The van der Waals surface area contributed by atoms with Gasteiger partial charge in [-0.05, 0) is 63.0 Å². The van der Waals surface area contributed by atoms with Gasteiger partial charge >= 0.3 is 12.4 Å². The maximum atomic E-state index is 13.4. The third kappa shape index (κ3) is 6.29. The predicted octanol–water partition coefficient (Wildman–Crippen LogP) is 5.71.